The van der Waals surface area contributed by atoms with Crippen LogP contribution < -0.4 is 0 Å². The van der Waals surface area contributed by atoms with Crippen molar-refractivity contribution < 1.29 is 40.7 Å². The van der Waals surface area contributed by atoms with E-state index >= 15 is 0 Å². The van der Waals surface area contributed by atoms with E-state index in [9.17, 15) is 36.0 Å². The van der Waals surface area contributed by atoms with Gasteiger partial charge in [0.1, 0.15) is 5.82 Å². The Bertz CT molecular complexity index is 1180. The zero-order valence-corrected chi connectivity index (χ0v) is 20.7. The molecule has 3 rings (SSSR count). The third kappa shape index (κ3) is 6.81. The highest BCUT2D eigenvalue weighted by atomic mass is 32.2. The van der Waals surface area contributed by atoms with E-state index < -0.39 is 44.9 Å². The summed E-state index contributed by atoms with van der Waals surface area (Å²) < 4.78 is 87.2. The van der Waals surface area contributed by atoms with Crippen LogP contribution in [0.5, 0.6) is 0 Å². The van der Waals surface area contributed by atoms with Crippen molar-refractivity contribution in [1.29, 1.82) is 0 Å². The van der Waals surface area contributed by atoms with Crippen LogP contribution in [0.4, 0.5) is 17.6 Å². The highest BCUT2D eigenvalue weighted by Crippen LogP contribution is 2.37. The Morgan fingerprint density at radius 2 is 1.83 bits per heavy atom. The summed E-state index contributed by atoms with van der Waals surface area (Å²) in [5.74, 6) is -2.20. The monoisotopic (exact) mass is 532 g/mol. The van der Waals surface area contributed by atoms with E-state index in [1.165, 1.54) is 0 Å². The molecule has 12 heteroatoms. The van der Waals surface area contributed by atoms with Gasteiger partial charge >= 0.3 is 6.18 Å². The molecule has 0 bridgehead atoms. The van der Waals surface area contributed by atoms with Gasteiger partial charge in [-0.05, 0) is 55.5 Å². The van der Waals surface area contributed by atoms with Crippen LogP contribution in [-0.2, 0) is 32.3 Å². The summed E-state index contributed by atoms with van der Waals surface area (Å²) in [7, 11) is -4.20. The lowest BCUT2D eigenvalue weighted by Crippen LogP contribution is -2.44. The Labute approximate surface area is 207 Å². The summed E-state index contributed by atoms with van der Waals surface area (Å²) in [6.07, 6.45) is -4.68. The number of hydroxylamine groups is 2. The van der Waals surface area contributed by atoms with Crippen molar-refractivity contribution >= 4 is 16.4 Å². The first-order valence-electron chi connectivity index (χ1n) is 11.3. The quantitative estimate of drug-likeness (QED) is 0.225. The van der Waals surface area contributed by atoms with Crippen molar-refractivity contribution in [1.82, 2.24) is 9.37 Å². The lowest BCUT2D eigenvalue weighted by molar-refractivity contribution is -0.161. The SMILES string of the molecule is Cc1ccc(C)c(COC2CCN(S(=O)(=O)CC(c3ccc(F)cc3C(F)(F)F)N(O)C=O)CC2)c1. The van der Waals surface area contributed by atoms with Crippen molar-refractivity contribution in [2.75, 3.05) is 18.8 Å². The molecule has 1 heterocycles. The number of benzene rings is 2. The first-order chi connectivity index (χ1) is 16.8. The average Bonchev–Trinajstić information content (AvgIpc) is 2.82. The molecule has 1 aliphatic heterocycles. The highest BCUT2D eigenvalue weighted by Gasteiger charge is 2.40. The van der Waals surface area contributed by atoms with Gasteiger partial charge in [0.25, 0.3) is 0 Å². The molecule has 1 atom stereocenters. The van der Waals surface area contributed by atoms with Gasteiger partial charge in [0, 0.05) is 13.1 Å². The lowest BCUT2D eigenvalue weighted by atomic mass is 10.0. The number of alkyl halides is 3. The summed E-state index contributed by atoms with van der Waals surface area (Å²) >= 11 is 0. The number of piperidine rings is 1. The van der Waals surface area contributed by atoms with Crippen LogP contribution in [0.25, 0.3) is 0 Å². The summed E-state index contributed by atoms with van der Waals surface area (Å²) in [6, 6.07) is 5.76. The molecule has 0 saturated carbocycles. The van der Waals surface area contributed by atoms with Gasteiger partial charge in [-0.3, -0.25) is 10.0 Å². The highest BCUT2D eigenvalue weighted by molar-refractivity contribution is 7.89. The molecule has 0 spiro atoms. The number of ether oxygens (including phenoxy) is 1. The molecule has 1 aliphatic rings. The fourth-order valence-electron chi connectivity index (χ4n) is 4.19. The smallest absolute Gasteiger partial charge is 0.373 e. The molecule has 0 aromatic heterocycles. The van der Waals surface area contributed by atoms with E-state index in [0.29, 0.717) is 25.5 Å². The Balaban J connectivity index is 1.71. The first kappa shape index (κ1) is 28.0. The van der Waals surface area contributed by atoms with Gasteiger partial charge in [0.2, 0.25) is 16.4 Å². The van der Waals surface area contributed by atoms with Crippen molar-refractivity contribution in [2.24, 2.45) is 0 Å². The number of rotatable bonds is 9. The van der Waals surface area contributed by atoms with Crippen LogP contribution in [0.3, 0.4) is 0 Å². The minimum Gasteiger partial charge on any atom is -0.373 e. The molecule has 1 saturated heterocycles. The van der Waals surface area contributed by atoms with E-state index in [-0.39, 0.29) is 36.7 Å². The number of carbonyl (C=O) groups is 1. The van der Waals surface area contributed by atoms with Crippen LogP contribution in [-0.4, -0.2) is 54.3 Å². The van der Waals surface area contributed by atoms with Crippen LogP contribution in [0.1, 0.15) is 46.7 Å². The van der Waals surface area contributed by atoms with Gasteiger partial charge < -0.3 is 4.74 Å². The third-order valence-corrected chi connectivity index (χ3v) is 8.14. The lowest BCUT2D eigenvalue weighted by Gasteiger charge is -2.33. The van der Waals surface area contributed by atoms with Crippen LogP contribution >= 0.6 is 0 Å². The normalized spacial score (nSPS) is 16.6. The maximum atomic E-state index is 13.5. The minimum absolute atomic E-state index is 0.0641. The van der Waals surface area contributed by atoms with Gasteiger partial charge in [0.05, 0.1) is 30.1 Å². The molecule has 0 aliphatic carbocycles. The molecule has 7 nitrogen and oxygen atoms in total. The maximum Gasteiger partial charge on any atom is 0.416 e. The number of aryl methyl sites for hydroxylation is 2. The second-order valence-corrected chi connectivity index (χ2v) is 10.9. The molecule has 0 radical (unpaired) electrons. The van der Waals surface area contributed by atoms with Gasteiger partial charge in [-0.25, -0.2) is 22.2 Å². The van der Waals surface area contributed by atoms with E-state index in [1.54, 1.807) is 0 Å². The van der Waals surface area contributed by atoms with Crippen LogP contribution in [0.2, 0.25) is 0 Å². The van der Waals surface area contributed by atoms with Crippen molar-refractivity contribution in [2.45, 2.75) is 51.6 Å². The third-order valence-electron chi connectivity index (χ3n) is 6.25. The number of hydrogen-bond donors (Lipinski definition) is 1. The molecular weight excluding hydrogens is 504 g/mol. The minimum atomic E-state index is -5.03. The van der Waals surface area contributed by atoms with Crippen molar-refractivity contribution in [3.63, 3.8) is 0 Å². The zero-order chi connectivity index (χ0) is 26.7. The standard InChI is InChI=1S/C24H28F4N2O5S/c1-16-3-4-17(2)18(11-16)13-35-20-7-9-29(10-8-20)36(33,34)14-23(30(32)15-31)21-6-5-19(25)12-22(21)24(26,27)28/h3-6,11-12,15,20,23,32H,7-10,13-14H2,1-2H3. The van der Waals surface area contributed by atoms with Gasteiger partial charge in [0.15, 0.2) is 0 Å². The molecule has 2 aromatic rings. The van der Waals surface area contributed by atoms with Gasteiger partial charge in [-0.2, -0.15) is 13.2 Å². The predicted molar refractivity (Wildman–Crippen MR) is 123 cm³/mol. The second kappa shape index (κ2) is 11.2. The number of nitrogens with zero attached hydrogens (tertiary/aromatic N) is 2. The van der Waals surface area contributed by atoms with Crippen molar-refractivity contribution in [3.8, 4) is 0 Å². The topological polar surface area (TPSA) is 87.2 Å². The Kier molecular flexibility index (Phi) is 8.75. The molecule has 1 fully saturated rings. The Morgan fingerprint density at radius 1 is 1.17 bits per heavy atom. The predicted octanol–water partition coefficient (Wildman–Crippen LogP) is 4.36. The molecular formula is C24H28F4N2O5S. The summed E-state index contributed by atoms with van der Waals surface area (Å²) in [5.41, 5.74) is 1.01. The molecule has 1 amide bonds. The molecule has 198 valence electrons. The largest absolute Gasteiger partial charge is 0.416 e. The summed E-state index contributed by atoms with van der Waals surface area (Å²) in [4.78, 5) is 11.2. The van der Waals surface area contributed by atoms with Crippen LogP contribution in [0, 0.1) is 19.7 Å². The fraction of sp³-hybridized carbons (Fsp3) is 0.458. The number of sulfonamides is 1. The molecule has 1 N–H and O–H groups in total. The summed E-state index contributed by atoms with van der Waals surface area (Å²) in [6.45, 7) is 4.44. The number of carbonyl (C=O) groups excluding carboxylic acids is 1. The van der Waals surface area contributed by atoms with Crippen LogP contribution in [0.15, 0.2) is 36.4 Å². The molecule has 1 unspecified atom stereocenters. The number of hydrogen-bond acceptors (Lipinski definition) is 5. The van der Waals surface area contributed by atoms with E-state index in [4.69, 9.17) is 4.74 Å². The molecule has 2 aromatic carbocycles. The van der Waals surface area contributed by atoms with Gasteiger partial charge in [-0.1, -0.05) is 29.8 Å². The Hall–Kier alpha value is -2.54. The van der Waals surface area contributed by atoms with E-state index in [2.05, 4.69) is 0 Å². The number of halogens is 4. The first-order valence-corrected chi connectivity index (χ1v) is 12.9. The summed E-state index contributed by atoms with van der Waals surface area (Å²) in [5, 5.41) is 9.82. The average molecular weight is 533 g/mol. The van der Waals surface area contributed by atoms with E-state index in [1.807, 2.05) is 32.0 Å². The fourth-order valence-corrected chi connectivity index (χ4v) is 5.90. The maximum absolute atomic E-state index is 13.5. The number of amides is 1. The van der Waals surface area contributed by atoms with E-state index in [0.717, 1.165) is 27.1 Å². The van der Waals surface area contributed by atoms with Crippen molar-refractivity contribution in [3.05, 3.63) is 70.0 Å². The van der Waals surface area contributed by atoms with Gasteiger partial charge in [-0.15, -0.1) is 0 Å². The molecule has 36 heavy (non-hydrogen) atoms. The zero-order valence-electron chi connectivity index (χ0n) is 19.8. The Morgan fingerprint density at radius 3 is 2.44 bits per heavy atom. The second-order valence-electron chi connectivity index (χ2n) is 8.85.